The first-order valence-corrected chi connectivity index (χ1v) is 7.22. The fraction of sp³-hybridized carbons (Fsp3) is 0.417. The summed E-state index contributed by atoms with van der Waals surface area (Å²) in [6.07, 6.45) is 2.83. The summed E-state index contributed by atoms with van der Waals surface area (Å²) in [6, 6.07) is 4.81. The minimum atomic E-state index is -1.54. The van der Waals surface area contributed by atoms with E-state index in [4.69, 9.17) is 5.73 Å². The molecule has 0 bridgehead atoms. The van der Waals surface area contributed by atoms with E-state index in [9.17, 15) is 9.32 Å². The number of anilines is 1. The monoisotopic (exact) mass is 282 g/mol. The third-order valence-electron chi connectivity index (χ3n) is 3.01. The van der Waals surface area contributed by atoms with Gasteiger partial charge in [0.25, 0.3) is 0 Å². The second kappa shape index (κ2) is 6.03. The Morgan fingerprint density at radius 3 is 2.68 bits per heavy atom. The summed E-state index contributed by atoms with van der Waals surface area (Å²) in [5.41, 5.74) is 6.43. The van der Waals surface area contributed by atoms with Crippen LogP contribution in [0.2, 0.25) is 0 Å². The highest BCUT2D eigenvalue weighted by atomic mass is 32.2. The highest BCUT2D eigenvalue weighted by Crippen LogP contribution is 2.27. The zero-order valence-electron chi connectivity index (χ0n) is 10.8. The average Bonchev–Trinajstić information content (AvgIpc) is 2.80. The van der Waals surface area contributed by atoms with Crippen molar-refractivity contribution in [2.24, 2.45) is 10.1 Å². The van der Waals surface area contributed by atoms with Crippen LogP contribution >= 0.6 is 0 Å². The maximum atomic E-state index is 11.0. The highest BCUT2D eigenvalue weighted by molar-refractivity contribution is 7.85. The van der Waals surface area contributed by atoms with E-state index in [0.29, 0.717) is 11.3 Å². The number of likely N-dealkylation sites (tertiary alicyclic amines) is 1. The molecule has 2 aliphatic heterocycles. The van der Waals surface area contributed by atoms with Gasteiger partial charge in [-0.05, 0) is 45.1 Å². The van der Waals surface area contributed by atoms with Gasteiger partial charge < -0.3 is 15.7 Å². The number of fused-ring (bicyclic) bond motifs is 1. The molecule has 0 radical (unpaired) electrons. The second-order valence-corrected chi connectivity index (χ2v) is 5.42. The number of phenols is 1. The van der Waals surface area contributed by atoms with E-state index in [1.165, 1.54) is 32.0 Å². The Kier molecular flexibility index (Phi) is 4.39. The van der Waals surface area contributed by atoms with Crippen molar-refractivity contribution in [2.45, 2.75) is 12.8 Å². The van der Waals surface area contributed by atoms with Gasteiger partial charge >= 0.3 is 0 Å². The van der Waals surface area contributed by atoms with Gasteiger partial charge in [0.2, 0.25) is 11.2 Å². The third-order valence-corrected chi connectivity index (χ3v) is 3.76. The van der Waals surface area contributed by atoms with Crippen molar-refractivity contribution < 1.29 is 9.32 Å². The normalized spacial score (nSPS) is 21.7. The summed E-state index contributed by atoms with van der Waals surface area (Å²) >= 11 is -1.54. The number of phenolic OH excluding ortho intramolecular Hbond substituents is 1. The number of aromatic hydroxyl groups is 1. The number of amidine groups is 1. The van der Waals surface area contributed by atoms with Gasteiger partial charge in [-0.3, -0.25) is 4.72 Å². The Morgan fingerprint density at radius 2 is 2.11 bits per heavy atom. The first kappa shape index (κ1) is 13.8. The standard InChI is InChI=1S/C7H7N3O2S.C5H11N/c8-7-6-4(9-13(12)10-7)2-1-3-5(6)11;1-6-4-2-3-5-6/h1-3,9,11H,(H2,8,10);2-5H2,1H3. The highest BCUT2D eigenvalue weighted by Gasteiger charge is 2.18. The fourth-order valence-electron chi connectivity index (χ4n) is 2.02. The van der Waals surface area contributed by atoms with Crippen LogP contribution in [0.15, 0.2) is 22.6 Å². The van der Waals surface area contributed by atoms with Crippen LogP contribution < -0.4 is 10.5 Å². The maximum Gasteiger partial charge on any atom is 0.245 e. The number of benzene rings is 1. The molecule has 0 spiro atoms. The first-order chi connectivity index (χ1) is 9.08. The fourth-order valence-corrected chi connectivity index (χ4v) is 2.70. The Morgan fingerprint density at radius 1 is 1.42 bits per heavy atom. The van der Waals surface area contributed by atoms with E-state index in [-0.39, 0.29) is 11.6 Å². The molecule has 0 amide bonds. The molecule has 3 rings (SSSR count). The Balaban J connectivity index is 0.000000186. The summed E-state index contributed by atoms with van der Waals surface area (Å²) < 4.78 is 17.2. The maximum absolute atomic E-state index is 11.0. The number of hydrogen-bond donors (Lipinski definition) is 3. The van der Waals surface area contributed by atoms with Crippen LogP contribution in [0.4, 0.5) is 5.69 Å². The second-order valence-electron chi connectivity index (χ2n) is 4.54. The van der Waals surface area contributed by atoms with Crippen molar-refractivity contribution in [3.63, 3.8) is 0 Å². The lowest BCUT2D eigenvalue weighted by atomic mass is 10.1. The number of nitrogens with zero attached hydrogens (tertiary/aromatic N) is 2. The van der Waals surface area contributed by atoms with Gasteiger partial charge in [0.05, 0.1) is 11.3 Å². The van der Waals surface area contributed by atoms with Gasteiger partial charge in [-0.1, -0.05) is 6.07 Å². The molecule has 0 aliphatic carbocycles. The van der Waals surface area contributed by atoms with Gasteiger partial charge in [-0.2, -0.15) is 4.40 Å². The first-order valence-electron chi connectivity index (χ1n) is 6.11. The molecule has 2 heterocycles. The third kappa shape index (κ3) is 3.45. The Labute approximate surface area is 115 Å². The van der Waals surface area contributed by atoms with Crippen LogP contribution in [0.3, 0.4) is 0 Å². The van der Waals surface area contributed by atoms with Crippen LogP contribution in [0, 0.1) is 0 Å². The topological polar surface area (TPSA) is 91.0 Å². The lowest BCUT2D eigenvalue weighted by Gasteiger charge is -2.14. The molecular formula is C12H18N4O2S. The van der Waals surface area contributed by atoms with Crippen molar-refractivity contribution >= 4 is 22.7 Å². The number of nitrogens with one attached hydrogen (secondary N) is 1. The van der Waals surface area contributed by atoms with Crippen molar-refractivity contribution in [1.29, 1.82) is 0 Å². The van der Waals surface area contributed by atoms with Crippen molar-refractivity contribution in [3.05, 3.63) is 23.8 Å². The zero-order valence-corrected chi connectivity index (χ0v) is 11.6. The minimum Gasteiger partial charge on any atom is -0.507 e. The molecule has 2 aliphatic rings. The van der Waals surface area contributed by atoms with Gasteiger partial charge in [0, 0.05) is 0 Å². The SMILES string of the molecule is CN1CCCC1.NC1=NS(=O)Nc2cccc(O)c21. The molecule has 4 N–H and O–H groups in total. The predicted molar refractivity (Wildman–Crippen MR) is 77.3 cm³/mol. The number of hydrogen-bond acceptors (Lipinski definition) is 4. The van der Waals surface area contributed by atoms with E-state index >= 15 is 0 Å². The number of rotatable bonds is 0. The molecule has 104 valence electrons. The average molecular weight is 282 g/mol. The van der Waals surface area contributed by atoms with Crippen molar-refractivity contribution in [3.8, 4) is 5.75 Å². The zero-order chi connectivity index (χ0) is 13.8. The molecule has 1 atom stereocenters. The lowest BCUT2D eigenvalue weighted by molar-refractivity contribution is 0.418. The number of nitrogens with two attached hydrogens (primary N) is 1. The van der Waals surface area contributed by atoms with Gasteiger partial charge in [0.1, 0.15) is 11.6 Å². The van der Waals surface area contributed by atoms with Crippen LogP contribution in [0.1, 0.15) is 18.4 Å². The largest absolute Gasteiger partial charge is 0.507 e. The Bertz CT molecular complexity index is 512. The van der Waals surface area contributed by atoms with Crippen LogP contribution in [-0.2, 0) is 11.2 Å². The van der Waals surface area contributed by atoms with Crippen molar-refractivity contribution in [1.82, 2.24) is 4.90 Å². The summed E-state index contributed by atoms with van der Waals surface area (Å²) in [7, 11) is 2.17. The molecule has 7 heteroatoms. The van der Waals surface area contributed by atoms with E-state index in [2.05, 4.69) is 21.1 Å². The summed E-state index contributed by atoms with van der Waals surface area (Å²) in [5, 5.41) is 9.41. The van der Waals surface area contributed by atoms with E-state index in [1.54, 1.807) is 12.1 Å². The predicted octanol–water partition coefficient (Wildman–Crippen LogP) is 0.814. The molecule has 1 aromatic carbocycles. The van der Waals surface area contributed by atoms with Crippen LogP contribution in [-0.4, -0.2) is 40.2 Å². The Hall–Kier alpha value is -1.60. The smallest absolute Gasteiger partial charge is 0.245 e. The molecular weight excluding hydrogens is 264 g/mol. The van der Waals surface area contributed by atoms with Gasteiger partial charge in [-0.15, -0.1) is 0 Å². The molecule has 0 saturated carbocycles. The molecule has 19 heavy (non-hydrogen) atoms. The van der Waals surface area contributed by atoms with Gasteiger partial charge in [0.15, 0.2) is 0 Å². The van der Waals surface area contributed by atoms with Gasteiger partial charge in [-0.25, -0.2) is 4.21 Å². The molecule has 1 fully saturated rings. The molecule has 6 nitrogen and oxygen atoms in total. The molecule has 0 aromatic heterocycles. The van der Waals surface area contributed by atoms with E-state index in [0.717, 1.165) is 0 Å². The van der Waals surface area contributed by atoms with E-state index in [1.807, 2.05) is 0 Å². The van der Waals surface area contributed by atoms with Crippen LogP contribution in [0.25, 0.3) is 0 Å². The lowest BCUT2D eigenvalue weighted by Crippen LogP contribution is -2.22. The summed E-state index contributed by atoms with van der Waals surface area (Å²) in [6.45, 7) is 2.64. The summed E-state index contributed by atoms with van der Waals surface area (Å²) in [5.74, 6) is 0.119. The van der Waals surface area contributed by atoms with E-state index < -0.39 is 11.2 Å². The quantitative estimate of drug-likeness (QED) is 0.657. The summed E-state index contributed by atoms with van der Waals surface area (Å²) in [4.78, 5) is 2.36. The van der Waals surface area contributed by atoms with Crippen LogP contribution in [0.5, 0.6) is 5.75 Å². The molecule has 1 aromatic rings. The molecule has 1 saturated heterocycles. The minimum absolute atomic E-state index is 0.0305. The van der Waals surface area contributed by atoms with Crippen molar-refractivity contribution in [2.75, 3.05) is 24.9 Å². The molecule has 1 unspecified atom stereocenters.